The van der Waals surface area contributed by atoms with E-state index in [-0.39, 0.29) is 6.04 Å². The van der Waals surface area contributed by atoms with E-state index < -0.39 is 0 Å². The lowest BCUT2D eigenvalue weighted by molar-refractivity contribution is 0.228. The molecule has 0 saturated carbocycles. The van der Waals surface area contributed by atoms with Gasteiger partial charge in [0.05, 0.1) is 0 Å². The van der Waals surface area contributed by atoms with Gasteiger partial charge in [-0.1, -0.05) is 30.3 Å². The number of nitrogens with two attached hydrogens (primary N) is 1. The van der Waals surface area contributed by atoms with Crippen molar-refractivity contribution in [3.8, 4) is 0 Å². The van der Waals surface area contributed by atoms with Crippen molar-refractivity contribution in [3.63, 3.8) is 0 Å². The molecule has 2 atom stereocenters. The van der Waals surface area contributed by atoms with Crippen LogP contribution in [0.1, 0.15) is 17.9 Å². The molecular formula is C12H18N2. The molecule has 76 valence electrons. The molecule has 0 bridgehead atoms. The van der Waals surface area contributed by atoms with Crippen molar-refractivity contribution in [2.45, 2.75) is 18.4 Å². The molecule has 1 saturated heterocycles. The van der Waals surface area contributed by atoms with Crippen molar-refractivity contribution in [3.05, 3.63) is 35.9 Å². The first-order valence-electron chi connectivity index (χ1n) is 5.26. The fourth-order valence-electron chi connectivity index (χ4n) is 2.27. The summed E-state index contributed by atoms with van der Waals surface area (Å²) in [5.41, 5.74) is 7.56. The molecule has 2 nitrogen and oxygen atoms in total. The summed E-state index contributed by atoms with van der Waals surface area (Å²) < 4.78 is 0. The van der Waals surface area contributed by atoms with Crippen LogP contribution in [0.5, 0.6) is 0 Å². The number of benzene rings is 1. The van der Waals surface area contributed by atoms with Gasteiger partial charge in [-0.2, -0.15) is 0 Å². The van der Waals surface area contributed by atoms with Gasteiger partial charge in [-0.05, 0) is 25.6 Å². The van der Waals surface area contributed by atoms with Crippen LogP contribution in [-0.2, 0) is 0 Å². The number of nitrogens with zero attached hydrogens (tertiary/aromatic N) is 1. The van der Waals surface area contributed by atoms with Crippen molar-refractivity contribution in [2.24, 2.45) is 5.73 Å². The minimum atomic E-state index is 0.288. The fraction of sp³-hybridized carbons (Fsp3) is 0.500. The van der Waals surface area contributed by atoms with Gasteiger partial charge in [-0.25, -0.2) is 0 Å². The second kappa shape index (κ2) is 4.11. The second-order valence-corrected chi connectivity index (χ2v) is 4.23. The molecule has 1 aromatic carbocycles. The highest BCUT2D eigenvalue weighted by molar-refractivity contribution is 5.22. The molecule has 1 aliphatic rings. The summed E-state index contributed by atoms with van der Waals surface area (Å²) in [7, 11) is 2.14. The molecule has 2 N–H and O–H groups in total. The highest BCUT2D eigenvalue weighted by Gasteiger charge is 2.25. The van der Waals surface area contributed by atoms with Gasteiger partial charge >= 0.3 is 0 Å². The highest BCUT2D eigenvalue weighted by Crippen LogP contribution is 2.26. The Hall–Kier alpha value is -0.860. The quantitative estimate of drug-likeness (QED) is 0.726. The van der Waals surface area contributed by atoms with Crippen molar-refractivity contribution in [1.82, 2.24) is 4.90 Å². The van der Waals surface area contributed by atoms with E-state index in [9.17, 15) is 0 Å². The molecule has 14 heavy (non-hydrogen) atoms. The molecule has 0 radical (unpaired) electrons. The standard InChI is InChI=1S/C12H18N2/c1-14-8-7-11(12(13)9-14)10-5-3-2-4-6-10/h2-6,11-12H,7-9,13H2,1H3/t11-,12+/m0/s1. The van der Waals surface area contributed by atoms with Gasteiger partial charge in [0.1, 0.15) is 0 Å². The largest absolute Gasteiger partial charge is 0.326 e. The van der Waals surface area contributed by atoms with Crippen LogP contribution in [-0.4, -0.2) is 31.1 Å². The van der Waals surface area contributed by atoms with Crippen molar-refractivity contribution in [1.29, 1.82) is 0 Å². The van der Waals surface area contributed by atoms with E-state index in [2.05, 4.69) is 42.3 Å². The van der Waals surface area contributed by atoms with Crippen LogP contribution in [0.3, 0.4) is 0 Å². The van der Waals surface area contributed by atoms with Gasteiger partial charge in [0, 0.05) is 18.5 Å². The molecule has 1 aliphatic heterocycles. The maximum Gasteiger partial charge on any atom is 0.0237 e. The van der Waals surface area contributed by atoms with Gasteiger partial charge in [-0.3, -0.25) is 0 Å². The Morgan fingerprint density at radius 2 is 2.00 bits per heavy atom. The lowest BCUT2D eigenvalue weighted by Gasteiger charge is -2.34. The Morgan fingerprint density at radius 1 is 1.29 bits per heavy atom. The lowest BCUT2D eigenvalue weighted by Crippen LogP contribution is -2.45. The average Bonchev–Trinajstić information content (AvgIpc) is 2.19. The summed E-state index contributed by atoms with van der Waals surface area (Å²) in [6.07, 6.45) is 1.18. The molecule has 1 heterocycles. The van der Waals surface area contributed by atoms with E-state index in [0.717, 1.165) is 13.1 Å². The summed E-state index contributed by atoms with van der Waals surface area (Å²) in [5, 5.41) is 0. The van der Waals surface area contributed by atoms with Crippen LogP contribution in [0.15, 0.2) is 30.3 Å². The van der Waals surface area contributed by atoms with Gasteiger partial charge < -0.3 is 10.6 Å². The maximum atomic E-state index is 6.16. The molecule has 0 aromatic heterocycles. The van der Waals surface area contributed by atoms with Crippen LogP contribution in [0.25, 0.3) is 0 Å². The first-order chi connectivity index (χ1) is 6.77. The van der Waals surface area contributed by atoms with Crippen LogP contribution in [0.4, 0.5) is 0 Å². The molecule has 0 unspecified atom stereocenters. The SMILES string of the molecule is CN1CC[C@@H](c2ccccc2)[C@H](N)C1. The number of likely N-dealkylation sites (tertiary alicyclic amines) is 1. The topological polar surface area (TPSA) is 29.3 Å². The van der Waals surface area contributed by atoms with Crippen molar-refractivity contribution in [2.75, 3.05) is 20.1 Å². The number of hydrogen-bond donors (Lipinski definition) is 1. The van der Waals surface area contributed by atoms with Gasteiger partial charge in [-0.15, -0.1) is 0 Å². The minimum Gasteiger partial charge on any atom is -0.326 e. The van der Waals surface area contributed by atoms with Crippen LogP contribution >= 0.6 is 0 Å². The highest BCUT2D eigenvalue weighted by atomic mass is 15.1. The van der Waals surface area contributed by atoms with E-state index >= 15 is 0 Å². The van der Waals surface area contributed by atoms with Gasteiger partial charge in [0.25, 0.3) is 0 Å². The van der Waals surface area contributed by atoms with Crippen LogP contribution < -0.4 is 5.73 Å². The molecule has 2 rings (SSSR count). The summed E-state index contributed by atoms with van der Waals surface area (Å²) in [5.74, 6) is 0.549. The Balaban J connectivity index is 2.12. The third-order valence-electron chi connectivity index (χ3n) is 3.09. The average molecular weight is 190 g/mol. The first kappa shape index (κ1) is 9.69. The van der Waals surface area contributed by atoms with Crippen molar-refractivity contribution < 1.29 is 0 Å². The Bertz CT molecular complexity index is 284. The van der Waals surface area contributed by atoms with E-state index in [4.69, 9.17) is 5.73 Å². The normalized spacial score (nSPS) is 29.0. The van der Waals surface area contributed by atoms with E-state index in [1.807, 2.05) is 0 Å². The summed E-state index contributed by atoms with van der Waals surface area (Å²) in [4.78, 5) is 2.31. The summed E-state index contributed by atoms with van der Waals surface area (Å²) in [6.45, 7) is 2.17. The van der Waals surface area contributed by atoms with Crippen molar-refractivity contribution >= 4 is 0 Å². The predicted molar refractivity (Wildman–Crippen MR) is 59.3 cm³/mol. The number of hydrogen-bond acceptors (Lipinski definition) is 2. The summed E-state index contributed by atoms with van der Waals surface area (Å²) >= 11 is 0. The molecule has 1 fully saturated rings. The van der Waals surface area contributed by atoms with E-state index in [0.29, 0.717) is 5.92 Å². The third-order valence-corrected chi connectivity index (χ3v) is 3.09. The first-order valence-corrected chi connectivity index (χ1v) is 5.26. The Labute approximate surface area is 85.7 Å². The molecule has 1 aromatic rings. The van der Waals surface area contributed by atoms with Crippen LogP contribution in [0.2, 0.25) is 0 Å². The smallest absolute Gasteiger partial charge is 0.0237 e. The van der Waals surface area contributed by atoms with E-state index in [1.165, 1.54) is 12.0 Å². The number of rotatable bonds is 1. The number of piperidine rings is 1. The van der Waals surface area contributed by atoms with E-state index in [1.54, 1.807) is 0 Å². The molecule has 2 heteroatoms. The molecule has 0 spiro atoms. The zero-order chi connectivity index (χ0) is 9.97. The zero-order valence-electron chi connectivity index (χ0n) is 8.69. The number of likely N-dealkylation sites (N-methyl/N-ethyl adjacent to an activating group) is 1. The van der Waals surface area contributed by atoms with Gasteiger partial charge in [0.2, 0.25) is 0 Å². The fourth-order valence-corrected chi connectivity index (χ4v) is 2.27. The molecule has 0 aliphatic carbocycles. The Kier molecular flexibility index (Phi) is 2.85. The molecular weight excluding hydrogens is 172 g/mol. The monoisotopic (exact) mass is 190 g/mol. The maximum absolute atomic E-state index is 6.16. The third kappa shape index (κ3) is 1.97. The Morgan fingerprint density at radius 3 is 2.64 bits per heavy atom. The molecule has 0 amide bonds. The zero-order valence-corrected chi connectivity index (χ0v) is 8.69. The van der Waals surface area contributed by atoms with Crippen LogP contribution in [0, 0.1) is 0 Å². The minimum absolute atomic E-state index is 0.288. The predicted octanol–water partition coefficient (Wildman–Crippen LogP) is 1.43. The lowest BCUT2D eigenvalue weighted by atomic mass is 9.86. The van der Waals surface area contributed by atoms with Gasteiger partial charge in [0.15, 0.2) is 0 Å². The second-order valence-electron chi connectivity index (χ2n) is 4.23. The summed E-state index contributed by atoms with van der Waals surface area (Å²) in [6, 6.07) is 10.9.